The molecule has 1 aromatic rings. The van der Waals surface area contributed by atoms with E-state index in [2.05, 4.69) is 15.2 Å². The van der Waals surface area contributed by atoms with Crippen LogP contribution in [0.1, 0.15) is 37.4 Å². The third-order valence-electron chi connectivity index (χ3n) is 2.84. The second kappa shape index (κ2) is 3.98. The Morgan fingerprint density at radius 2 is 1.94 bits per heavy atom. The number of H-pyrrole nitrogens is 1. The van der Waals surface area contributed by atoms with E-state index in [0.29, 0.717) is 5.82 Å². The minimum absolute atomic E-state index is 0.211. The normalized spacial score (nSPS) is 21.6. The van der Waals surface area contributed by atoms with Crippen molar-refractivity contribution < 1.29 is 17.2 Å². The fraction of sp³-hybridized carbons (Fsp3) is 0.750. The number of aromatic nitrogens is 3. The van der Waals surface area contributed by atoms with Gasteiger partial charge in [-0.25, -0.2) is 27.3 Å². The maximum atomic E-state index is 12.9. The van der Waals surface area contributed by atoms with Gasteiger partial charge >= 0.3 is 0 Å². The van der Waals surface area contributed by atoms with Crippen LogP contribution in [0.4, 0.5) is 8.78 Å². The zero-order valence-corrected chi connectivity index (χ0v) is 9.67. The van der Waals surface area contributed by atoms with Crippen LogP contribution in [-0.2, 0) is 10.0 Å². The standard InChI is InChI=1S/C8H12F2N4O2S/c9-8(10)3-1-5(2-4-8)6-12-7(14-13-6)17(11,15)16/h5H,1-4H2,(H2,11,15,16)(H,12,13,14). The Bertz CT molecular complexity index is 503. The number of hydrogen-bond donors (Lipinski definition) is 2. The van der Waals surface area contributed by atoms with Crippen LogP contribution in [0, 0.1) is 0 Å². The Morgan fingerprint density at radius 1 is 1.35 bits per heavy atom. The molecule has 0 radical (unpaired) electrons. The van der Waals surface area contributed by atoms with Gasteiger partial charge in [0.1, 0.15) is 5.82 Å². The van der Waals surface area contributed by atoms with Gasteiger partial charge < -0.3 is 0 Å². The van der Waals surface area contributed by atoms with Crippen molar-refractivity contribution in [3.8, 4) is 0 Å². The van der Waals surface area contributed by atoms with Crippen molar-refractivity contribution in [2.24, 2.45) is 5.14 Å². The lowest BCUT2D eigenvalue weighted by molar-refractivity contribution is -0.0387. The monoisotopic (exact) mass is 266 g/mol. The summed E-state index contributed by atoms with van der Waals surface area (Å²) in [5.41, 5.74) is 0. The number of rotatable bonds is 2. The van der Waals surface area contributed by atoms with Crippen molar-refractivity contribution >= 4 is 10.0 Å². The van der Waals surface area contributed by atoms with Crippen LogP contribution in [0.25, 0.3) is 0 Å². The molecule has 0 bridgehead atoms. The van der Waals surface area contributed by atoms with Gasteiger partial charge in [-0.3, -0.25) is 5.10 Å². The SMILES string of the molecule is NS(=O)(=O)c1n[nH]c(C2CCC(F)(F)CC2)n1. The van der Waals surface area contributed by atoms with Gasteiger partial charge in [0, 0.05) is 18.8 Å². The average molecular weight is 266 g/mol. The molecule has 3 N–H and O–H groups in total. The van der Waals surface area contributed by atoms with E-state index < -0.39 is 21.1 Å². The zero-order chi connectivity index (χ0) is 12.7. The van der Waals surface area contributed by atoms with Crippen molar-refractivity contribution in [2.45, 2.75) is 42.7 Å². The fourth-order valence-corrected chi connectivity index (χ4v) is 2.28. The Hall–Kier alpha value is -1.09. The number of halogens is 2. The molecule has 1 aliphatic carbocycles. The molecule has 96 valence electrons. The van der Waals surface area contributed by atoms with Crippen LogP contribution in [-0.4, -0.2) is 29.5 Å². The number of primary sulfonamides is 1. The highest BCUT2D eigenvalue weighted by atomic mass is 32.2. The summed E-state index contributed by atoms with van der Waals surface area (Å²) < 4.78 is 47.7. The molecule has 0 atom stereocenters. The maximum absolute atomic E-state index is 12.9. The molecule has 1 aromatic heterocycles. The molecule has 6 nitrogen and oxygen atoms in total. The molecule has 17 heavy (non-hydrogen) atoms. The van der Waals surface area contributed by atoms with Crippen molar-refractivity contribution in [1.82, 2.24) is 15.2 Å². The van der Waals surface area contributed by atoms with Crippen LogP contribution < -0.4 is 5.14 Å². The Labute approximate surface area is 96.7 Å². The molecule has 0 aromatic carbocycles. The van der Waals surface area contributed by atoms with E-state index in [0.717, 1.165) is 0 Å². The molecular formula is C8H12F2N4O2S. The molecule has 1 fully saturated rings. The zero-order valence-electron chi connectivity index (χ0n) is 8.86. The van der Waals surface area contributed by atoms with E-state index in [1.165, 1.54) is 0 Å². The highest BCUT2D eigenvalue weighted by Crippen LogP contribution is 2.39. The lowest BCUT2D eigenvalue weighted by atomic mass is 9.86. The van der Waals surface area contributed by atoms with Crippen LogP contribution >= 0.6 is 0 Å². The molecule has 1 heterocycles. The highest BCUT2D eigenvalue weighted by molar-refractivity contribution is 7.89. The summed E-state index contributed by atoms with van der Waals surface area (Å²) in [5.74, 6) is -2.53. The second-order valence-electron chi connectivity index (χ2n) is 4.18. The fourth-order valence-electron chi connectivity index (χ4n) is 1.88. The van der Waals surface area contributed by atoms with Crippen LogP contribution in [0.3, 0.4) is 0 Å². The molecular weight excluding hydrogens is 254 g/mol. The predicted octanol–water partition coefficient (Wildman–Crippen LogP) is 0.745. The minimum Gasteiger partial charge on any atom is -0.262 e. The van der Waals surface area contributed by atoms with E-state index in [9.17, 15) is 17.2 Å². The van der Waals surface area contributed by atoms with E-state index in [-0.39, 0.29) is 31.6 Å². The summed E-state index contributed by atoms with van der Waals surface area (Å²) in [7, 11) is -3.95. The average Bonchev–Trinajstić information content (AvgIpc) is 2.66. The van der Waals surface area contributed by atoms with Gasteiger partial charge in [0.15, 0.2) is 0 Å². The number of nitrogens with zero attached hydrogens (tertiary/aromatic N) is 2. The molecule has 0 amide bonds. The van der Waals surface area contributed by atoms with E-state index in [1.807, 2.05) is 0 Å². The molecule has 0 aliphatic heterocycles. The molecule has 0 unspecified atom stereocenters. The summed E-state index contributed by atoms with van der Waals surface area (Å²) in [4.78, 5) is 3.73. The first kappa shape index (κ1) is 12.4. The number of sulfonamides is 1. The van der Waals surface area contributed by atoms with Gasteiger partial charge in [-0.05, 0) is 12.8 Å². The van der Waals surface area contributed by atoms with Crippen LogP contribution in [0.15, 0.2) is 5.16 Å². The number of nitrogens with two attached hydrogens (primary N) is 1. The van der Waals surface area contributed by atoms with Crippen LogP contribution in [0.5, 0.6) is 0 Å². The first-order valence-corrected chi connectivity index (χ1v) is 6.65. The maximum Gasteiger partial charge on any atom is 0.282 e. The highest BCUT2D eigenvalue weighted by Gasteiger charge is 2.36. The summed E-state index contributed by atoms with van der Waals surface area (Å²) in [6.07, 6.45) is 0.0741. The lowest BCUT2D eigenvalue weighted by Gasteiger charge is -2.26. The molecule has 1 saturated carbocycles. The quantitative estimate of drug-likeness (QED) is 0.824. The van der Waals surface area contributed by atoms with Crippen molar-refractivity contribution in [3.05, 3.63) is 5.82 Å². The molecule has 2 rings (SSSR count). The first-order valence-electron chi connectivity index (χ1n) is 5.11. The molecule has 9 heteroatoms. The molecule has 0 saturated heterocycles. The molecule has 0 spiro atoms. The smallest absolute Gasteiger partial charge is 0.262 e. The van der Waals surface area contributed by atoms with Gasteiger partial charge in [0.05, 0.1) is 0 Å². The lowest BCUT2D eigenvalue weighted by Crippen LogP contribution is -2.24. The number of hydrogen-bond acceptors (Lipinski definition) is 4. The predicted molar refractivity (Wildman–Crippen MR) is 53.9 cm³/mol. The summed E-state index contributed by atoms with van der Waals surface area (Å²) in [6, 6.07) is 0. The summed E-state index contributed by atoms with van der Waals surface area (Å²) in [6.45, 7) is 0. The number of alkyl halides is 2. The molecule has 1 aliphatic rings. The topological polar surface area (TPSA) is 102 Å². The minimum atomic E-state index is -3.95. The largest absolute Gasteiger partial charge is 0.282 e. The Morgan fingerprint density at radius 3 is 2.41 bits per heavy atom. The van der Waals surface area contributed by atoms with Gasteiger partial charge in [0.25, 0.3) is 15.2 Å². The third-order valence-corrected chi connectivity index (χ3v) is 3.53. The van der Waals surface area contributed by atoms with Crippen LogP contribution in [0.2, 0.25) is 0 Å². The van der Waals surface area contributed by atoms with E-state index in [1.54, 1.807) is 0 Å². The van der Waals surface area contributed by atoms with Gasteiger partial charge in [-0.2, -0.15) is 0 Å². The van der Waals surface area contributed by atoms with Crippen molar-refractivity contribution in [2.75, 3.05) is 0 Å². The Kier molecular flexibility index (Phi) is 2.90. The van der Waals surface area contributed by atoms with Crippen molar-refractivity contribution in [3.63, 3.8) is 0 Å². The number of aromatic amines is 1. The third kappa shape index (κ3) is 2.78. The first-order chi connectivity index (χ1) is 7.78. The van der Waals surface area contributed by atoms with Gasteiger partial charge in [-0.15, -0.1) is 5.10 Å². The number of nitrogens with one attached hydrogen (secondary N) is 1. The van der Waals surface area contributed by atoms with Gasteiger partial charge in [-0.1, -0.05) is 0 Å². The van der Waals surface area contributed by atoms with E-state index in [4.69, 9.17) is 5.14 Å². The van der Waals surface area contributed by atoms with Crippen molar-refractivity contribution in [1.29, 1.82) is 0 Å². The van der Waals surface area contributed by atoms with Gasteiger partial charge in [0.2, 0.25) is 5.92 Å². The Balaban J connectivity index is 2.12. The second-order valence-corrected chi connectivity index (χ2v) is 5.63. The summed E-state index contributed by atoms with van der Waals surface area (Å²) in [5, 5.41) is 10.3. The summed E-state index contributed by atoms with van der Waals surface area (Å²) >= 11 is 0. The van der Waals surface area contributed by atoms with E-state index >= 15 is 0 Å².